The average molecular weight is 418 g/mol. The monoisotopic (exact) mass is 417 g/mol. The van der Waals surface area contributed by atoms with Crippen LogP contribution in [0.1, 0.15) is 29.8 Å². The summed E-state index contributed by atoms with van der Waals surface area (Å²) in [6.45, 7) is 4.63. The van der Waals surface area contributed by atoms with E-state index in [1.165, 1.54) is 12.3 Å². The summed E-state index contributed by atoms with van der Waals surface area (Å²) in [5, 5.41) is 2.93. The number of nitrogens with zero attached hydrogens (tertiary/aromatic N) is 2. The topological polar surface area (TPSA) is 64.1 Å². The van der Waals surface area contributed by atoms with Crippen LogP contribution >= 0.6 is 11.6 Å². The molecule has 150 valence electrons. The highest BCUT2D eigenvalue weighted by molar-refractivity contribution is 6.33. The fraction of sp³-hybridized carbons (Fsp3) is 0.190. The first-order valence-corrected chi connectivity index (χ1v) is 9.43. The highest BCUT2D eigenvalue weighted by atomic mass is 35.5. The summed E-state index contributed by atoms with van der Waals surface area (Å²) in [4.78, 5) is 19.6. The predicted octanol–water partition coefficient (Wildman–Crippen LogP) is 5.29. The van der Waals surface area contributed by atoms with Crippen molar-refractivity contribution in [3.05, 3.63) is 70.6 Å². The number of ether oxygens (including phenoxy) is 1. The maximum Gasteiger partial charge on any atom is 0.262 e. The molecule has 4 rings (SSSR count). The van der Waals surface area contributed by atoms with Crippen LogP contribution in [-0.4, -0.2) is 22.5 Å². The van der Waals surface area contributed by atoms with Gasteiger partial charge in [-0.05, 0) is 29.8 Å². The van der Waals surface area contributed by atoms with Crippen LogP contribution in [0.15, 0.2) is 42.9 Å². The third kappa shape index (κ3) is 4.35. The summed E-state index contributed by atoms with van der Waals surface area (Å²) < 4.78 is 32.8. The largest absolute Gasteiger partial charge is 0.493 e. The molecule has 0 unspecified atom stereocenters. The number of benzene rings is 1. The second-order valence-electron chi connectivity index (χ2n) is 5.90. The molecule has 0 radical (unpaired) electrons. The molecule has 0 saturated heterocycles. The molecule has 3 heterocycles. The van der Waals surface area contributed by atoms with Crippen molar-refractivity contribution >= 4 is 23.3 Å². The molecule has 0 spiro atoms. The van der Waals surface area contributed by atoms with Gasteiger partial charge in [-0.25, -0.2) is 13.8 Å². The number of hydrogen-bond acceptors (Lipinski definition) is 4. The molecule has 3 aromatic rings. The van der Waals surface area contributed by atoms with Crippen molar-refractivity contribution in [3.8, 4) is 16.9 Å². The van der Waals surface area contributed by atoms with Crippen molar-refractivity contribution in [2.45, 2.75) is 20.3 Å². The average Bonchev–Trinajstić information content (AvgIpc) is 3.16. The summed E-state index contributed by atoms with van der Waals surface area (Å²) in [6, 6.07) is 6.94. The summed E-state index contributed by atoms with van der Waals surface area (Å²) in [6.07, 6.45) is 3.87. The van der Waals surface area contributed by atoms with Gasteiger partial charge < -0.3 is 10.1 Å². The first-order chi connectivity index (χ1) is 14.0. The minimum Gasteiger partial charge on any atom is -0.493 e. The van der Waals surface area contributed by atoms with E-state index in [4.69, 9.17) is 16.3 Å². The molecule has 1 aromatic carbocycles. The molecule has 2 aromatic heterocycles. The van der Waals surface area contributed by atoms with E-state index in [1.54, 1.807) is 6.07 Å². The maximum atomic E-state index is 13.6. The number of hydrogen-bond donors (Lipinski definition) is 1. The number of carbonyl (C=O) groups excluding carboxylic acids is 1. The number of halogens is 3. The van der Waals surface area contributed by atoms with Crippen molar-refractivity contribution in [3.63, 3.8) is 0 Å². The molecule has 5 nitrogen and oxygen atoms in total. The van der Waals surface area contributed by atoms with Gasteiger partial charge in [-0.3, -0.25) is 9.78 Å². The van der Waals surface area contributed by atoms with Gasteiger partial charge in [-0.1, -0.05) is 25.4 Å². The zero-order valence-corrected chi connectivity index (χ0v) is 16.6. The second-order valence-corrected chi connectivity index (χ2v) is 6.31. The third-order valence-electron chi connectivity index (χ3n) is 4.18. The Labute approximate surface area is 171 Å². The zero-order valence-electron chi connectivity index (χ0n) is 15.8. The lowest BCUT2D eigenvalue weighted by atomic mass is 10.0. The molecule has 0 bridgehead atoms. The van der Waals surface area contributed by atoms with E-state index in [1.807, 2.05) is 26.0 Å². The van der Waals surface area contributed by atoms with Gasteiger partial charge in [0.2, 0.25) is 0 Å². The molecule has 0 atom stereocenters. The van der Waals surface area contributed by atoms with Gasteiger partial charge in [-0.2, -0.15) is 0 Å². The maximum absolute atomic E-state index is 13.6. The molecule has 1 aliphatic heterocycles. The van der Waals surface area contributed by atoms with E-state index >= 15 is 0 Å². The third-order valence-corrected chi connectivity index (χ3v) is 4.49. The Morgan fingerprint density at radius 1 is 1.14 bits per heavy atom. The Morgan fingerprint density at radius 2 is 1.86 bits per heavy atom. The molecule has 29 heavy (non-hydrogen) atoms. The lowest BCUT2D eigenvalue weighted by Gasteiger charge is -2.09. The van der Waals surface area contributed by atoms with Crippen LogP contribution in [0.5, 0.6) is 5.75 Å². The van der Waals surface area contributed by atoms with E-state index in [9.17, 15) is 13.6 Å². The normalized spacial score (nSPS) is 11.8. The van der Waals surface area contributed by atoms with Crippen molar-refractivity contribution in [1.82, 2.24) is 9.97 Å². The van der Waals surface area contributed by atoms with Crippen LogP contribution in [0.25, 0.3) is 11.1 Å². The summed E-state index contributed by atoms with van der Waals surface area (Å²) >= 11 is 6.34. The number of pyridine rings is 2. The SMILES string of the molecule is CC.O=C(Nc1ccc(-c2cc3c(cc2Cl)CCO3)cn1)c1c(F)cncc1F. The predicted molar refractivity (Wildman–Crippen MR) is 107 cm³/mol. The number of rotatable bonds is 3. The van der Waals surface area contributed by atoms with Crippen molar-refractivity contribution in [1.29, 1.82) is 0 Å². The van der Waals surface area contributed by atoms with Gasteiger partial charge >= 0.3 is 0 Å². The van der Waals surface area contributed by atoms with Crippen molar-refractivity contribution < 1.29 is 18.3 Å². The van der Waals surface area contributed by atoms with Gasteiger partial charge in [0.15, 0.2) is 11.6 Å². The standard InChI is InChI=1S/C19H12ClF2N3O2.C2H6/c20-13-5-10-3-4-27-16(10)6-12(13)11-1-2-17(24-7-11)25-19(26)18-14(21)8-23-9-15(18)22;1-2/h1-2,5-9H,3-4H2,(H,24,25,26);1-2H3. The molecule has 1 aliphatic rings. The van der Waals surface area contributed by atoms with E-state index in [0.717, 1.165) is 41.3 Å². The van der Waals surface area contributed by atoms with Crippen LogP contribution in [-0.2, 0) is 6.42 Å². The van der Waals surface area contributed by atoms with Crippen LogP contribution < -0.4 is 10.1 Å². The van der Waals surface area contributed by atoms with Gasteiger partial charge in [0.05, 0.1) is 19.0 Å². The van der Waals surface area contributed by atoms with Crippen LogP contribution in [0, 0.1) is 11.6 Å². The second kappa shape index (κ2) is 8.96. The molecular formula is C21H18ClF2N3O2. The summed E-state index contributed by atoms with van der Waals surface area (Å²) in [5.41, 5.74) is 1.81. The van der Waals surface area contributed by atoms with E-state index in [0.29, 0.717) is 11.6 Å². The molecular weight excluding hydrogens is 400 g/mol. The molecule has 1 N–H and O–H groups in total. The lowest BCUT2D eigenvalue weighted by molar-refractivity contribution is 0.101. The molecule has 0 fully saturated rings. The van der Waals surface area contributed by atoms with E-state index in [-0.39, 0.29) is 5.82 Å². The quantitative estimate of drug-likeness (QED) is 0.629. The van der Waals surface area contributed by atoms with Gasteiger partial charge in [-0.15, -0.1) is 0 Å². The van der Waals surface area contributed by atoms with Crippen molar-refractivity contribution in [2.75, 3.05) is 11.9 Å². The number of anilines is 1. The van der Waals surface area contributed by atoms with Crippen molar-refractivity contribution in [2.24, 2.45) is 0 Å². The number of carbonyl (C=O) groups is 1. The number of nitrogens with one attached hydrogen (secondary N) is 1. The Balaban J connectivity index is 0.00000117. The molecule has 0 aliphatic carbocycles. The fourth-order valence-corrected chi connectivity index (χ4v) is 3.15. The van der Waals surface area contributed by atoms with Gasteiger partial charge in [0.25, 0.3) is 5.91 Å². The Hall–Kier alpha value is -3.06. The molecule has 8 heteroatoms. The first-order valence-electron chi connectivity index (χ1n) is 9.05. The summed E-state index contributed by atoms with van der Waals surface area (Å²) in [7, 11) is 0. The molecule has 0 saturated carbocycles. The minimum atomic E-state index is -1.05. The van der Waals surface area contributed by atoms with Gasteiger partial charge in [0, 0.05) is 28.8 Å². The summed E-state index contributed by atoms with van der Waals surface area (Å²) in [5.74, 6) is -2.11. The zero-order chi connectivity index (χ0) is 21.0. The number of aromatic nitrogens is 2. The smallest absolute Gasteiger partial charge is 0.262 e. The highest BCUT2D eigenvalue weighted by Crippen LogP contribution is 2.36. The Kier molecular flexibility index (Phi) is 6.39. The van der Waals surface area contributed by atoms with E-state index < -0.39 is 23.1 Å². The first kappa shape index (κ1) is 20.7. The number of amides is 1. The lowest BCUT2D eigenvalue weighted by Crippen LogP contribution is -2.16. The molecule has 1 amide bonds. The Morgan fingerprint density at radius 3 is 2.52 bits per heavy atom. The van der Waals surface area contributed by atoms with Crippen LogP contribution in [0.4, 0.5) is 14.6 Å². The highest BCUT2D eigenvalue weighted by Gasteiger charge is 2.19. The fourth-order valence-electron chi connectivity index (χ4n) is 2.85. The minimum absolute atomic E-state index is 0.146. The van der Waals surface area contributed by atoms with E-state index in [2.05, 4.69) is 15.3 Å². The number of fused-ring (bicyclic) bond motifs is 1. The van der Waals surface area contributed by atoms with Gasteiger partial charge in [0.1, 0.15) is 17.1 Å². The Bertz CT molecular complexity index is 1020. The van der Waals surface area contributed by atoms with Crippen LogP contribution in [0.3, 0.4) is 0 Å². The van der Waals surface area contributed by atoms with Crippen LogP contribution in [0.2, 0.25) is 5.02 Å².